The predicted octanol–water partition coefficient (Wildman–Crippen LogP) is 2.89. The maximum absolute atomic E-state index is 11.8. The second kappa shape index (κ2) is 3.48. The van der Waals surface area contributed by atoms with Crippen LogP contribution >= 0.6 is 15.9 Å². The van der Waals surface area contributed by atoms with Crippen molar-refractivity contribution in [2.75, 3.05) is 11.4 Å². The van der Waals surface area contributed by atoms with E-state index >= 15 is 0 Å². The lowest BCUT2D eigenvalue weighted by molar-refractivity contribution is 0.117. The Kier molecular flexibility index (Phi) is 2.21. The van der Waals surface area contributed by atoms with Crippen molar-refractivity contribution < 1.29 is 9.53 Å². The zero-order valence-electron chi connectivity index (χ0n) is 9.00. The van der Waals surface area contributed by atoms with Gasteiger partial charge in [-0.25, -0.2) is 4.79 Å². The van der Waals surface area contributed by atoms with Gasteiger partial charge in [-0.3, -0.25) is 4.90 Å². The molecule has 2 heterocycles. The summed E-state index contributed by atoms with van der Waals surface area (Å²) in [5.41, 5.74) is 3.54. The number of anilines is 1. The number of hydrogen-bond donors (Lipinski definition) is 0. The molecule has 4 heteroatoms. The summed E-state index contributed by atoms with van der Waals surface area (Å²) < 4.78 is 6.43. The van der Waals surface area contributed by atoms with Gasteiger partial charge in [-0.15, -0.1) is 0 Å². The van der Waals surface area contributed by atoms with E-state index in [0.717, 1.165) is 29.5 Å². The van der Waals surface area contributed by atoms with Crippen molar-refractivity contribution in [3.05, 3.63) is 27.7 Å². The molecule has 0 saturated heterocycles. The largest absolute Gasteiger partial charge is 0.446 e. The molecule has 1 aromatic carbocycles. The molecule has 2 aliphatic rings. The van der Waals surface area contributed by atoms with Gasteiger partial charge in [0.1, 0.15) is 6.10 Å². The molecular formula is C12H12BrNO2. The molecule has 3 rings (SSSR count). The Hall–Kier alpha value is -1.03. The smallest absolute Gasteiger partial charge is 0.414 e. The zero-order valence-corrected chi connectivity index (χ0v) is 10.6. The number of carbonyl (C=O) groups is 1. The minimum atomic E-state index is -0.202. The summed E-state index contributed by atoms with van der Waals surface area (Å²) >= 11 is 3.52. The molecule has 0 saturated carbocycles. The van der Waals surface area contributed by atoms with Gasteiger partial charge in [0.15, 0.2) is 0 Å². The fourth-order valence-electron chi connectivity index (χ4n) is 2.52. The first-order chi connectivity index (χ1) is 7.65. The van der Waals surface area contributed by atoms with Crippen LogP contribution in [0, 0.1) is 0 Å². The fraction of sp³-hybridized carbons (Fsp3) is 0.417. The maximum atomic E-state index is 11.8. The van der Waals surface area contributed by atoms with Crippen LogP contribution in [0.2, 0.25) is 0 Å². The van der Waals surface area contributed by atoms with Crippen molar-refractivity contribution in [3.63, 3.8) is 0 Å². The topological polar surface area (TPSA) is 29.5 Å². The van der Waals surface area contributed by atoms with Crippen molar-refractivity contribution in [3.8, 4) is 0 Å². The zero-order chi connectivity index (χ0) is 11.3. The van der Waals surface area contributed by atoms with Crippen LogP contribution in [0.3, 0.4) is 0 Å². The molecule has 84 valence electrons. The molecule has 0 radical (unpaired) electrons. The van der Waals surface area contributed by atoms with E-state index in [1.807, 2.05) is 6.92 Å². The highest BCUT2D eigenvalue weighted by molar-refractivity contribution is 9.10. The quantitative estimate of drug-likeness (QED) is 0.732. The third kappa shape index (κ3) is 1.44. The van der Waals surface area contributed by atoms with Gasteiger partial charge < -0.3 is 4.74 Å². The van der Waals surface area contributed by atoms with Crippen LogP contribution in [0.1, 0.15) is 18.1 Å². The summed E-state index contributed by atoms with van der Waals surface area (Å²) in [6.45, 7) is 2.68. The maximum Gasteiger partial charge on any atom is 0.414 e. The molecule has 2 aliphatic heterocycles. The molecule has 3 nitrogen and oxygen atoms in total. The number of amides is 1. The van der Waals surface area contributed by atoms with E-state index in [-0.39, 0.29) is 12.2 Å². The van der Waals surface area contributed by atoms with Crippen LogP contribution in [-0.2, 0) is 17.6 Å². The first-order valence-electron chi connectivity index (χ1n) is 5.44. The molecule has 16 heavy (non-hydrogen) atoms. The third-order valence-electron chi connectivity index (χ3n) is 3.14. The molecule has 0 aliphatic carbocycles. The van der Waals surface area contributed by atoms with Gasteiger partial charge in [0, 0.05) is 17.4 Å². The molecule has 1 atom stereocenters. The molecular weight excluding hydrogens is 270 g/mol. The first-order valence-corrected chi connectivity index (χ1v) is 6.24. The Bertz CT molecular complexity index is 472. The Balaban J connectivity index is 2.20. The van der Waals surface area contributed by atoms with E-state index in [1.54, 1.807) is 4.90 Å². The standard InChI is InChI=1S/C12H12BrNO2/c1-7-4-9-6-10(13)5-8-2-3-14(11(8)9)12(15)16-7/h5-7H,2-4H2,1H3. The summed E-state index contributed by atoms with van der Waals surface area (Å²) in [4.78, 5) is 13.6. The summed E-state index contributed by atoms with van der Waals surface area (Å²) in [5.74, 6) is 0. The van der Waals surface area contributed by atoms with E-state index in [1.165, 1.54) is 11.1 Å². The van der Waals surface area contributed by atoms with E-state index < -0.39 is 0 Å². The normalized spacial score (nSPS) is 22.8. The van der Waals surface area contributed by atoms with Crippen LogP contribution in [0.25, 0.3) is 0 Å². The number of carbonyl (C=O) groups excluding carboxylic acids is 1. The lowest BCUT2D eigenvalue weighted by Gasteiger charge is -2.15. The van der Waals surface area contributed by atoms with Crippen LogP contribution in [0.5, 0.6) is 0 Å². The summed E-state index contributed by atoms with van der Waals surface area (Å²) in [7, 11) is 0. The van der Waals surface area contributed by atoms with E-state index in [0.29, 0.717) is 0 Å². The Morgan fingerprint density at radius 2 is 2.19 bits per heavy atom. The van der Waals surface area contributed by atoms with Gasteiger partial charge in [-0.1, -0.05) is 15.9 Å². The Morgan fingerprint density at radius 1 is 1.44 bits per heavy atom. The second-order valence-electron chi connectivity index (χ2n) is 4.37. The Morgan fingerprint density at radius 3 is 3.00 bits per heavy atom. The number of ether oxygens (including phenoxy) is 1. The van der Waals surface area contributed by atoms with Crippen molar-refractivity contribution in [1.82, 2.24) is 0 Å². The average molecular weight is 282 g/mol. The average Bonchev–Trinajstić information content (AvgIpc) is 2.55. The summed E-state index contributed by atoms with van der Waals surface area (Å²) in [6, 6.07) is 4.19. The van der Waals surface area contributed by atoms with Gasteiger partial charge in [0.05, 0.1) is 5.69 Å². The van der Waals surface area contributed by atoms with Crippen LogP contribution in [0.15, 0.2) is 16.6 Å². The fourth-order valence-corrected chi connectivity index (χ4v) is 3.08. The highest BCUT2D eigenvalue weighted by atomic mass is 79.9. The van der Waals surface area contributed by atoms with Gasteiger partial charge in [-0.05, 0) is 36.6 Å². The molecule has 1 aromatic rings. The second-order valence-corrected chi connectivity index (χ2v) is 5.29. The minimum absolute atomic E-state index is 0.0449. The number of halogens is 1. The molecule has 0 bridgehead atoms. The molecule has 1 amide bonds. The summed E-state index contributed by atoms with van der Waals surface area (Å²) in [5, 5.41) is 0. The van der Waals surface area contributed by atoms with E-state index in [4.69, 9.17) is 4.74 Å². The van der Waals surface area contributed by atoms with Gasteiger partial charge >= 0.3 is 6.09 Å². The molecule has 0 N–H and O–H groups in total. The highest BCUT2D eigenvalue weighted by Crippen LogP contribution is 2.37. The molecule has 0 spiro atoms. The number of nitrogens with zero attached hydrogens (tertiary/aromatic N) is 1. The summed E-state index contributed by atoms with van der Waals surface area (Å²) in [6.07, 6.45) is 1.47. The predicted molar refractivity (Wildman–Crippen MR) is 64.8 cm³/mol. The number of cyclic esters (lactones) is 1. The van der Waals surface area contributed by atoms with Crippen LogP contribution < -0.4 is 4.90 Å². The van der Waals surface area contributed by atoms with Crippen molar-refractivity contribution in [1.29, 1.82) is 0 Å². The minimum Gasteiger partial charge on any atom is -0.446 e. The van der Waals surface area contributed by atoms with Crippen molar-refractivity contribution >= 4 is 27.7 Å². The molecule has 1 unspecified atom stereocenters. The van der Waals surface area contributed by atoms with Crippen molar-refractivity contribution in [2.45, 2.75) is 25.9 Å². The number of rotatable bonds is 0. The third-order valence-corrected chi connectivity index (χ3v) is 3.59. The number of hydrogen-bond acceptors (Lipinski definition) is 2. The van der Waals surface area contributed by atoms with E-state index in [2.05, 4.69) is 28.1 Å². The molecule has 0 aromatic heterocycles. The van der Waals surface area contributed by atoms with Gasteiger partial charge in [-0.2, -0.15) is 0 Å². The first kappa shape index (κ1) is 10.1. The van der Waals surface area contributed by atoms with Crippen LogP contribution in [-0.4, -0.2) is 18.7 Å². The molecule has 0 fully saturated rings. The number of benzene rings is 1. The van der Waals surface area contributed by atoms with Crippen LogP contribution in [0.4, 0.5) is 10.5 Å². The highest BCUT2D eigenvalue weighted by Gasteiger charge is 2.33. The Labute approximate surface area is 103 Å². The van der Waals surface area contributed by atoms with E-state index in [9.17, 15) is 4.79 Å². The monoisotopic (exact) mass is 281 g/mol. The lowest BCUT2D eigenvalue weighted by Crippen LogP contribution is -2.30. The van der Waals surface area contributed by atoms with Gasteiger partial charge in [0.25, 0.3) is 0 Å². The van der Waals surface area contributed by atoms with Gasteiger partial charge in [0.2, 0.25) is 0 Å². The lowest BCUT2D eigenvalue weighted by atomic mass is 10.0. The van der Waals surface area contributed by atoms with Crippen molar-refractivity contribution in [2.24, 2.45) is 0 Å². The SMILES string of the molecule is CC1Cc2cc(Br)cc3c2N(CC3)C(=O)O1.